The van der Waals surface area contributed by atoms with Crippen molar-refractivity contribution in [2.45, 2.75) is 6.18 Å². The first kappa shape index (κ1) is 33.5. The number of nitrogens with zero attached hydrogens (tertiary/aromatic N) is 5. The van der Waals surface area contributed by atoms with Crippen molar-refractivity contribution in [2.24, 2.45) is 0 Å². The third kappa shape index (κ3) is 6.18. The number of para-hydroxylation sites is 1. The first-order valence-electron chi connectivity index (χ1n) is 17.6. The van der Waals surface area contributed by atoms with E-state index in [0.29, 0.717) is 39.9 Å². The normalized spacial score (nSPS) is 11.5. The predicted octanol–water partition coefficient (Wildman–Crippen LogP) is 12.2. The Morgan fingerprint density at radius 2 is 1.04 bits per heavy atom. The van der Waals surface area contributed by atoms with E-state index in [1.165, 1.54) is 12.1 Å². The molecule has 0 saturated carbocycles. The second kappa shape index (κ2) is 13.6. The van der Waals surface area contributed by atoms with Crippen molar-refractivity contribution in [3.63, 3.8) is 0 Å². The van der Waals surface area contributed by atoms with Crippen molar-refractivity contribution in [1.29, 1.82) is 5.26 Å². The standard InChI is InChI=1S/C47H28F3N5/c48-47(49,50)40-20-9-7-18-36(40)35-23-25-39(46-53-44(31-13-3-1-4-14-31)52-45(54-46)32-15-5-2-6-16-32)43(28-35)55-41-21-10-8-19-37(41)38-24-22-34(27-42(38)55)33-17-11-12-30(26-33)29-51/h1-28H. The topological polar surface area (TPSA) is 67.4 Å². The highest BCUT2D eigenvalue weighted by Crippen LogP contribution is 2.42. The lowest BCUT2D eigenvalue weighted by Crippen LogP contribution is -2.07. The molecule has 0 fully saturated rings. The monoisotopic (exact) mass is 719 g/mol. The Balaban J connectivity index is 1.38. The molecule has 9 rings (SSSR count). The van der Waals surface area contributed by atoms with Gasteiger partial charge in [-0.05, 0) is 64.7 Å². The molecule has 9 aromatic rings. The molecule has 0 aliphatic carbocycles. The molecule has 0 atom stereocenters. The molecule has 0 aliphatic heterocycles. The van der Waals surface area contributed by atoms with Crippen LogP contribution < -0.4 is 0 Å². The Morgan fingerprint density at radius 3 is 1.75 bits per heavy atom. The molecule has 2 heterocycles. The molecule has 8 heteroatoms. The third-order valence-electron chi connectivity index (χ3n) is 9.72. The summed E-state index contributed by atoms with van der Waals surface area (Å²) in [5, 5.41) is 11.6. The fraction of sp³-hybridized carbons (Fsp3) is 0.0213. The van der Waals surface area contributed by atoms with Crippen LogP contribution in [0.2, 0.25) is 0 Å². The van der Waals surface area contributed by atoms with Gasteiger partial charge < -0.3 is 4.57 Å². The van der Waals surface area contributed by atoms with Crippen molar-refractivity contribution >= 4 is 21.8 Å². The maximum atomic E-state index is 14.5. The van der Waals surface area contributed by atoms with Gasteiger partial charge in [-0.2, -0.15) is 18.4 Å². The summed E-state index contributed by atoms with van der Waals surface area (Å²) in [5.74, 6) is 1.29. The van der Waals surface area contributed by atoms with Gasteiger partial charge in [-0.25, -0.2) is 15.0 Å². The molecule has 55 heavy (non-hydrogen) atoms. The molecule has 0 radical (unpaired) electrons. The summed E-state index contributed by atoms with van der Waals surface area (Å²) in [6, 6.07) is 53.9. The van der Waals surface area contributed by atoms with Crippen LogP contribution in [0.3, 0.4) is 0 Å². The number of fused-ring (bicyclic) bond motifs is 3. The average molecular weight is 720 g/mol. The molecular formula is C47H28F3N5. The highest BCUT2D eigenvalue weighted by molar-refractivity contribution is 6.10. The second-order valence-electron chi connectivity index (χ2n) is 13.1. The highest BCUT2D eigenvalue weighted by atomic mass is 19.4. The molecule has 7 aromatic carbocycles. The third-order valence-corrected chi connectivity index (χ3v) is 9.72. The number of nitriles is 1. The molecule has 0 amide bonds. The Kier molecular flexibility index (Phi) is 8.25. The van der Waals surface area contributed by atoms with E-state index in [2.05, 4.69) is 22.8 Å². The fourth-order valence-corrected chi connectivity index (χ4v) is 7.16. The Hall–Kier alpha value is -7.37. The SMILES string of the molecule is N#Cc1cccc(-c2ccc3c4ccccc4n(-c4cc(-c5ccccc5C(F)(F)F)ccc4-c4nc(-c5ccccc5)nc(-c5ccccc5)n4)c3c2)c1. The summed E-state index contributed by atoms with van der Waals surface area (Å²) in [6.45, 7) is 0. The van der Waals surface area contributed by atoms with Gasteiger partial charge in [-0.15, -0.1) is 0 Å². The summed E-state index contributed by atoms with van der Waals surface area (Å²) in [5.41, 5.74) is 6.45. The van der Waals surface area contributed by atoms with Crippen molar-refractivity contribution in [3.05, 3.63) is 181 Å². The number of aromatic nitrogens is 4. The van der Waals surface area contributed by atoms with Crippen LogP contribution in [0.4, 0.5) is 13.2 Å². The number of halogens is 3. The van der Waals surface area contributed by atoms with Gasteiger partial charge in [-0.3, -0.25) is 0 Å². The van der Waals surface area contributed by atoms with E-state index >= 15 is 0 Å². The van der Waals surface area contributed by atoms with Crippen LogP contribution in [0.5, 0.6) is 0 Å². The van der Waals surface area contributed by atoms with Gasteiger partial charge in [0.05, 0.1) is 33.9 Å². The summed E-state index contributed by atoms with van der Waals surface area (Å²) >= 11 is 0. The van der Waals surface area contributed by atoms with Crippen LogP contribution in [0.25, 0.3) is 83.9 Å². The molecule has 0 spiro atoms. The molecular weight excluding hydrogens is 692 g/mol. The second-order valence-corrected chi connectivity index (χ2v) is 13.1. The van der Waals surface area contributed by atoms with Gasteiger partial charge in [0, 0.05) is 27.5 Å². The maximum absolute atomic E-state index is 14.5. The van der Waals surface area contributed by atoms with Gasteiger partial charge in [0.1, 0.15) is 0 Å². The van der Waals surface area contributed by atoms with Crippen molar-refractivity contribution in [3.8, 4) is 68.2 Å². The Morgan fingerprint density at radius 1 is 0.455 bits per heavy atom. The lowest BCUT2D eigenvalue weighted by atomic mass is 9.96. The van der Waals surface area contributed by atoms with E-state index in [0.717, 1.165) is 50.1 Å². The van der Waals surface area contributed by atoms with Crippen molar-refractivity contribution in [1.82, 2.24) is 19.5 Å². The van der Waals surface area contributed by atoms with E-state index in [1.807, 2.05) is 109 Å². The zero-order valence-electron chi connectivity index (χ0n) is 29.0. The zero-order chi connectivity index (χ0) is 37.5. The molecule has 2 aromatic heterocycles. The molecule has 0 aliphatic rings. The van der Waals surface area contributed by atoms with E-state index < -0.39 is 11.7 Å². The molecule has 0 N–H and O–H groups in total. The van der Waals surface area contributed by atoms with Crippen LogP contribution in [-0.2, 0) is 6.18 Å². The van der Waals surface area contributed by atoms with Gasteiger partial charge in [0.15, 0.2) is 17.5 Å². The van der Waals surface area contributed by atoms with E-state index in [-0.39, 0.29) is 5.56 Å². The zero-order valence-corrected chi connectivity index (χ0v) is 29.0. The van der Waals surface area contributed by atoms with Gasteiger partial charge in [-0.1, -0.05) is 127 Å². The number of hydrogen-bond donors (Lipinski definition) is 0. The number of rotatable bonds is 6. The summed E-state index contributed by atoms with van der Waals surface area (Å²) < 4.78 is 45.5. The number of alkyl halides is 3. The van der Waals surface area contributed by atoms with Crippen LogP contribution in [0.15, 0.2) is 170 Å². The predicted molar refractivity (Wildman–Crippen MR) is 211 cm³/mol. The lowest BCUT2D eigenvalue weighted by molar-refractivity contribution is -0.137. The van der Waals surface area contributed by atoms with E-state index in [9.17, 15) is 18.4 Å². The highest BCUT2D eigenvalue weighted by Gasteiger charge is 2.33. The van der Waals surface area contributed by atoms with E-state index in [4.69, 9.17) is 15.0 Å². The first-order valence-corrected chi connectivity index (χ1v) is 17.6. The largest absolute Gasteiger partial charge is 0.417 e. The molecule has 0 saturated heterocycles. The molecule has 0 unspecified atom stereocenters. The fourth-order valence-electron chi connectivity index (χ4n) is 7.16. The Labute approximate surface area is 314 Å². The van der Waals surface area contributed by atoms with Gasteiger partial charge in [0.25, 0.3) is 0 Å². The van der Waals surface area contributed by atoms with Crippen LogP contribution in [0, 0.1) is 11.3 Å². The minimum Gasteiger partial charge on any atom is -0.308 e. The molecule has 5 nitrogen and oxygen atoms in total. The molecule has 262 valence electrons. The quantitative estimate of drug-likeness (QED) is 0.172. The van der Waals surface area contributed by atoms with Gasteiger partial charge >= 0.3 is 6.18 Å². The summed E-state index contributed by atoms with van der Waals surface area (Å²) in [4.78, 5) is 14.9. The van der Waals surface area contributed by atoms with E-state index in [1.54, 1.807) is 30.3 Å². The van der Waals surface area contributed by atoms with Crippen molar-refractivity contribution < 1.29 is 13.2 Å². The molecule has 0 bridgehead atoms. The average Bonchev–Trinajstić information content (AvgIpc) is 3.57. The van der Waals surface area contributed by atoms with Crippen LogP contribution in [-0.4, -0.2) is 19.5 Å². The summed E-state index contributed by atoms with van der Waals surface area (Å²) in [7, 11) is 0. The lowest BCUT2D eigenvalue weighted by Gasteiger charge is -2.18. The van der Waals surface area contributed by atoms with Gasteiger partial charge in [0.2, 0.25) is 0 Å². The number of benzene rings is 7. The Bertz CT molecular complexity index is 2870. The van der Waals surface area contributed by atoms with Crippen molar-refractivity contribution in [2.75, 3.05) is 0 Å². The minimum atomic E-state index is -4.57. The van der Waals surface area contributed by atoms with Crippen LogP contribution in [0.1, 0.15) is 11.1 Å². The number of hydrogen-bond acceptors (Lipinski definition) is 4. The first-order chi connectivity index (χ1) is 26.9. The van der Waals surface area contributed by atoms with Crippen LogP contribution >= 0.6 is 0 Å². The smallest absolute Gasteiger partial charge is 0.308 e. The summed E-state index contributed by atoms with van der Waals surface area (Å²) in [6.07, 6.45) is -4.57. The minimum absolute atomic E-state index is 0.0585. The maximum Gasteiger partial charge on any atom is 0.417 e.